The first kappa shape index (κ1) is 9.30. The van der Waals surface area contributed by atoms with Gasteiger partial charge in [-0.1, -0.05) is 30.0 Å². The molecule has 0 fully saturated rings. The highest BCUT2D eigenvalue weighted by Crippen LogP contribution is 1.95. The molecule has 3 heteroatoms. The number of aliphatic hydroxyl groups excluding tert-OH is 1. The standard InChI is InChI=1S/C10H8O3/c11-9(10(12)13)7-6-8-4-2-1-3-5-8/h1-5,9,11H,(H,12,13). The molecular formula is C10H8O3. The first-order valence-electron chi connectivity index (χ1n) is 3.67. The summed E-state index contributed by atoms with van der Waals surface area (Å²) >= 11 is 0. The third-order valence-corrected chi connectivity index (χ3v) is 1.36. The molecule has 0 heterocycles. The van der Waals surface area contributed by atoms with Gasteiger partial charge >= 0.3 is 5.97 Å². The van der Waals surface area contributed by atoms with E-state index in [1.54, 1.807) is 24.3 Å². The Kier molecular flexibility index (Phi) is 3.07. The van der Waals surface area contributed by atoms with Crippen molar-refractivity contribution in [2.24, 2.45) is 0 Å². The Morgan fingerprint density at radius 3 is 2.46 bits per heavy atom. The van der Waals surface area contributed by atoms with Gasteiger partial charge in [0.05, 0.1) is 0 Å². The number of aliphatic hydroxyl groups is 1. The molecule has 66 valence electrons. The third kappa shape index (κ3) is 2.97. The number of benzene rings is 1. The zero-order valence-corrected chi connectivity index (χ0v) is 6.77. The molecule has 1 unspecified atom stereocenters. The Balaban J connectivity index is 2.73. The second kappa shape index (κ2) is 4.29. The summed E-state index contributed by atoms with van der Waals surface area (Å²) in [4.78, 5) is 10.2. The van der Waals surface area contributed by atoms with Crippen molar-refractivity contribution in [2.45, 2.75) is 6.10 Å². The summed E-state index contributed by atoms with van der Waals surface area (Å²) in [6, 6.07) is 8.89. The summed E-state index contributed by atoms with van der Waals surface area (Å²) < 4.78 is 0. The maximum Gasteiger partial charge on any atom is 0.345 e. The van der Waals surface area contributed by atoms with Crippen LogP contribution >= 0.6 is 0 Å². The van der Waals surface area contributed by atoms with Gasteiger partial charge in [-0.3, -0.25) is 0 Å². The van der Waals surface area contributed by atoms with Crippen molar-refractivity contribution in [1.29, 1.82) is 0 Å². The summed E-state index contributed by atoms with van der Waals surface area (Å²) in [7, 11) is 0. The molecule has 1 atom stereocenters. The number of hydrogen-bond donors (Lipinski definition) is 2. The largest absolute Gasteiger partial charge is 0.479 e. The summed E-state index contributed by atoms with van der Waals surface area (Å²) in [5.74, 6) is 3.42. The fraction of sp³-hybridized carbons (Fsp3) is 0.100. The quantitative estimate of drug-likeness (QED) is 0.612. The van der Waals surface area contributed by atoms with Gasteiger partial charge in [-0.05, 0) is 12.1 Å². The normalized spacial score (nSPS) is 11.2. The van der Waals surface area contributed by atoms with Crippen molar-refractivity contribution in [3.63, 3.8) is 0 Å². The molecule has 0 bridgehead atoms. The number of carboxylic acid groups (broad SMARTS) is 1. The lowest BCUT2D eigenvalue weighted by Gasteiger charge is -1.92. The van der Waals surface area contributed by atoms with Crippen LogP contribution in [0.4, 0.5) is 0 Å². The van der Waals surface area contributed by atoms with Gasteiger partial charge < -0.3 is 10.2 Å². The number of aliphatic carboxylic acids is 1. The Morgan fingerprint density at radius 1 is 1.31 bits per heavy atom. The van der Waals surface area contributed by atoms with Crippen LogP contribution in [0.15, 0.2) is 30.3 Å². The second-order valence-electron chi connectivity index (χ2n) is 2.38. The first-order chi connectivity index (χ1) is 6.20. The van der Waals surface area contributed by atoms with Crippen LogP contribution in [0, 0.1) is 11.8 Å². The van der Waals surface area contributed by atoms with E-state index in [-0.39, 0.29) is 0 Å². The van der Waals surface area contributed by atoms with Crippen molar-refractivity contribution in [3.8, 4) is 11.8 Å². The van der Waals surface area contributed by atoms with Gasteiger partial charge in [0.25, 0.3) is 0 Å². The molecule has 0 aliphatic heterocycles. The molecular weight excluding hydrogens is 168 g/mol. The van der Waals surface area contributed by atoms with E-state index in [1.807, 2.05) is 6.07 Å². The Bertz CT molecular complexity index is 345. The molecule has 0 saturated carbocycles. The minimum absolute atomic E-state index is 0.683. The average Bonchev–Trinajstić information content (AvgIpc) is 2.15. The molecule has 13 heavy (non-hydrogen) atoms. The van der Waals surface area contributed by atoms with Crippen molar-refractivity contribution >= 4 is 5.97 Å². The maximum absolute atomic E-state index is 10.2. The molecule has 0 aromatic heterocycles. The number of carbonyl (C=O) groups is 1. The highest BCUT2D eigenvalue weighted by molar-refractivity contribution is 5.75. The van der Waals surface area contributed by atoms with Gasteiger partial charge in [0.1, 0.15) is 0 Å². The monoisotopic (exact) mass is 176 g/mol. The molecule has 2 N–H and O–H groups in total. The molecule has 1 rings (SSSR count). The molecule has 0 aliphatic rings. The van der Waals surface area contributed by atoms with E-state index in [9.17, 15) is 4.79 Å². The van der Waals surface area contributed by atoms with Crippen LogP contribution in [0.2, 0.25) is 0 Å². The lowest BCUT2D eigenvalue weighted by Crippen LogP contribution is -2.16. The van der Waals surface area contributed by atoms with E-state index in [2.05, 4.69) is 11.8 Å². The van der Waals surface area contributed by atoms with E-state index in [0.29, 0.717) is 5.56 Å². The highest BCUT2D eigenvalue weighted by atomic mass is 16.4. The molecule has 0 spiro atoms. The smallest absolute Gasteiger partial charge is 0.345 e. The van der Waals surface area contributed by atoms with Gasteiger partial charge in [0.2, 0.25) is 6.10 Å². The van der Waals surface area contributed by atoms with Gasteiger partial charge in [0.15, 0.2) is 0 Å². The minimum atomic E-state index is -1.61. The van der Waals surface area contributed by atoms with E-state index < -0.39 is 12.1 Å². The van der Waals surface area contributed by atoms with E-state index in [1.165, 1.54) is 0 Å². The summed E-state index contributed by atoms with van der Waals surface area (Å²) in [5.41, 5.74) is 0.683. The zero-order valence-electron chi connectivity index (χ0n) is 6.77. The van der Waals surface area contributed by atoms with Crippen LogP contribution in [-0.4, -0.2) is 22.3 Å². The van der Waals surface area contributed by atoms with Crippen LogP contribution in [0.3, 0.4) is 0 Å². The number of hydrogen-bond acceptors (Lipinski definition) is 2. The predicted octanol–water partition coefficient (Wildman–Crippen LogP) is 0.484. The lowest BCUT2D eigenvalue weighted by molar-refractivity contribution is -0.143. The molecule has 0 radical (unpaired) electrons. The van der Waals surface area contributed by atoms with Crippen LogP contribution in [0.5, 0.6) is 0 Å². The molecule has 1 aromatic carbocycles. The van der Waals surface area contributed by atoms with Gasteiger partial charge in [-0.2, -0.15) is 0 Å². The van der Waals surface area contributed by atoms with Gasteiger partial charge in [-0.15, -0.1) is 0 Å². The van der Waals surface area contributed by atoms with Gasteiger partial charge in [-0.25, -0.2) is 4.79 Å². The summed E-state index contributed by atoms with van der Waals surface area (Å²) in [5, 5.41) is 17.1. The number of rotatable bonds is 1. The number of carboxylic acids is 1. The SMILES string of the molecule is O=C(O)C(O)C#Cc1ccccc1. The van der Waals surface area contributed by atoms with Crippen molar-refractivity contribution in [2.75, 3.05) is 0 Å². The topological polar surface area (TPSA) is 57.5 Å². The minimum Gasteiger partial charge on any atom is -0.479 e. The lowest BCUT2D eigenvalue weighted by atomic mass is 10.2. The van der Waals surface area contributed by atoms with Crippen molar-refractivity contribution < 1.29 is 15.0 Å². The Morgan fingerprint density at radius 2 is 1.92 bits per heavy atom. The molecule has 0 amide bonds. The van der Waals surface area contributed by atoms with Crippen LogP contribution in [0.25, 0.3) is 0 Å². The fourth-order valence-electron chi connectivity index (χ4n) is 0.735. The molecule has 1 aromatic rings. The van der Waals surface area contributed by atoms with Crippen molar-refractivity contribution in [1.82, 2.24) is 0 Å². The molecule has 0 saturated heterocycles. The van der Waals surface area contributed by atoms with Crippen LogP contribution in [0.1, 0.15) is 5.56 Å². The van der Waals surface area contributed by atoms with E-state index >= 15 is 0 Å². The summed E-state index contributed by atoms with van der Waals surface area (Å²) in [6.07, 6.45) is -1.61. The zero-order chi connectivity index (χ0) is 9.68. The maximum atomic E-state index is 10.2. The average molecular weight is 176 g/mol. The third-order valence-electron chi connectivity index (χ3n) is 1.36. The van der Waals surface area contributed by atoms with Crippen LogP contribution in [-0.2, 0) is 4.79 Å². The molecule has 0 aliphatic carbocycles. The second-order valence-corrected chi connectivity index (χ2v) is 2.38. The van der Waals surface area contributed by atoms with Gasteiger partial charge in [0, 0.05) is 5.56 Å². The fourth-order valence-corrected chi connectivity index (χ4v) is 0.735. The Labute approximate surface area is 75.6 Å². The van der Waals surface area contributed by atoms with Crippen LogP contribution < -0.4 is 0 Å². The first-order valence-corrected chi connectivity index (χ1v) is 3.67. The van der Waals surface area contributed by atoms with Crippen molar-refractivity contribution in [3.05, 3.63) is 35.9 Å². The van der Waals surface area contributed by atoms with E-state index in [0.717, 1.165) is 0 Å². The predicted molar refractivity (Wildman–Crippen MR) is 47.0 cm³/mol. The highest BCUT2D eigenvalue weighted by Gasteiger charge is 2.07. The van der Waals surface area contributed by atoms with E-state index in [4.69, 9.17) is 10.2 Å². The summed E-state index contributed by atoms with van der Waals surface area (Å²) in [6.45, 7) is 0. The Hall–Kier alpha value is -1.79. The molecule has 3 nitrogen and oxygen atoms in total.